The first-order valence-electron chi connectivity index (χ1n) is 5.72. The Balaban J connectivity index is 2.13. The van der Waals surface area contributed by atoms with Crippen LogP contribution < -0.4 is 5.32 Å². The third-order valence-corrected chi connectivity index (χ3v) is 3.13. The standard InChI is InChI=1S/C14H12Cl2N2O/c1-9-7-11(15)18-13(16)12(9)14(19)17-8-10-5-3-2-4-6-10/h2-7H,8H2,1H3,(H,17,19). The molecule has 1 amide bonds. The van der Waals surface area contributed by atoms with Crippen molar-refractivity contribution in [1.82, 2.24) is 10.3 Å². The lowest BCUT2D eigenvalue weighted by Crippen LogP contribution is -2.24. The molecule has 1 heterocycles. The van der Waals surface area contributed by atoms with E-state index in [2.05, 4.69) is 10.3 Å². The van der Waals surface area contributed by atoms with E-state index in [1.165, 1.54) is 0 Å². The van der Waals surface area contributed by atoms with Crippen molar-refractivity contribution in [3.8, 4) is 0 Å². The highest BCUT2D eigenvalue weighted by Gasteiger charge is 2.15. The van der Waals surface area contributed by atoms with Crippen LogP contribution in [0.3, 0.4) is 0 Å². The van der Waals surface area contributed by atoms with Crippen molar-refractivity contribution in [3.05, 3.63) is 63.4 Å². The van der Waals surface area contributed by atoms with Crippen molar-refractivity contribution in [1.29, 1.82) is 0 Å². The van der Waals surface area contributed by atoms with E-state index >= 15 is 0 Å². The molecule has 0 saturated heterocycles. The molecule has 0 atom stereocenters. The van der Waals surface area contributed by atoms with Gasteiger partial charge in [-0.15, -0.1) is 0 Å². The molecule has 98 valence electrons. The number of hydrogen-bond donors (Lipinski definition) is 1. The van der Waals surface area contributed by atoms with Crippen LogP contribution in [-0.2, 0) is 6.54 Å². The Morgan fingerprint density at radius 3 is 2.58 bits per heavy atom. The zero-order valence-corrected chi connectivity index (χ0v) is 11.8. The van der Waals surface area contributed by atoms with Crippen LogP contribution in [0, 0.1) is 6.92 Å². The van der Waals surface area contributed by atoms with Crippen LogP contribution in [0.25, 0.3) is 0 Å². The fourth-order valence-electron chi connectivity index (χ4n) is 1.73. The molecule has 0 aliphatic carbocycles. The lowest BCUT2D eigenvalue weighted by atomic mass is 10.1. The molecule has 0 bridgehead atoms. The number of aryl methyl sites for hydroxylation is 1. The average molecular weight is 295 g/mol. The van der Waals surface area contributed by atoms with Crippen molar-refractivity contribution in [2.45, 2.75) is 13.5 Å². The van der Waals surface area contributed by atoms with Crippen molar-refractivity contribution < 1.29 is 4.79 Å². The number of benzene rings is 1. The first-order valence-corrected chi connectivity index (χ1v) is 6.48. The second-order valence-corrected chi connectivity index (χ2v) is 4.84. The molecule has 2 rings (SSSR count). The third-order valence-electron chi connectivity index (χ3n) is 2.66. The highest BCUT2D eigenvalue weighted by molar-refractivity contribution is 6.34. The van der Waals surface area contributed by atoms with E-state index in [4.69, 9.17) is 23.2 Å². The minimum Gasteiger partial charge on any atom is -0.348 e. The molecule has 19 heavy (non-hydrogen) atoms. The second-order valence-electron chi connectivity index (χ2n) is 4.10. The van der Waals surface area contributed by atoms with E-state index in [-0.39, 0.29) is 16.2 Å². The van der Waals surface area contributed by atoms with E-state index in [1.807, 2.05) is 30.3 Å². The molecule has 3 nitrogen and oxygen atoms in total. The molecule has 0 aliphatic rings. The smallest absolute Gasteiger partial charge is 0.254 e. The average Bonchev–Trinajstić information content (AvgIpc) is 2.36. The molecule has 0 fully saturated rings. The number of pyridine rings is 1. The first-order chi connectivity index (χ1) is 9.08. The zero-order valence-electron chi connectivity index (χ0n) is 10.3. The molecule has 0 saturated carbocycles. The van der Waals surface area contributed by atoms with Crippen molar-refractivity contribution in [2.75, 3.05) is 0 Å². The van der Waals surface area contributed by atoms with Gasteiger partial charge in [0.05, 0.1) is 5.56 Å². The number of rotatable bonds is 3. The van der Waals surface area contributed by atoms with E-state index < -0.39 is 0 Å². The van der Waals surface area contributed by atoms with Crippen LogP contribution in [0.15, 0.2) is 36.4 Å². The lowest BCUT2D eigenvalue weighted by Gasteiger charge is -2.09. The van der Waals surface area contributed by atoms with Gasteiger partial charge in [0.25, 0.3) is 5.91 Å². The summed E-state index contributed by atoms with van der Waals surface area (Å²) in [7, 11) is 0. The number of aromatic nitrogens is 1. The van der Waals surface area contributed by atoms with Gasteiger partial charge in [-0.3, -0.25) is 4.79 Å². The van der Waals surface area contributed by atoms with Gasteiger partial charge in [0.15, 0.2) is 0 Å². The van der Waals surface area contributed by atoms with Crippen molar-refractivity contribution >= 4 is 29.1 Å². The van der Waals surface area contributed by atoms with Gasteiger partial charge in [-0.1, -0.05) is 53.5 Å². The molecule has 5 heteroatoms. The van der Waals surface area contributed by atoms with Gasteiger partial charge < -0.3 is 5.32 Å². The molecule has 1 N–H and O–H groups in total. The summed E-state index contributed by atoms with van der Waals surface area (Å²) in [5.74, 6) is -0.254. The van der Waals surface area contributed by atoms with E-state index in [0.29, 0.717) is 17.7 Å². The summed E-state index contributed by atoms with van der Waals surface area (Å²) in [6, 6.07) is 11.3. The quantitative estimate of drug-likeness (QED) is 0.879. The molecule has 0 spiro atoms. The molecule has 0 aliphatic heterocycles. The van der Waals surface area contributed by atoms with Crippen molar-refractivity contribution in [3.63, 3.8) is 0 Å². The van der Waals surface area contributed by atoms with E-state index in [9.17, 15) is 4.79 Å². The Morgan fingerprint density at radius 1 is 1.26 bits per heavy atom. The third kappa shape index (κ3) is 3.46. The second kappa shape index (κ2) is 6.04. The van der Waals surface area contributed by atoms with E-state index in [0.717, 1.165) is 5.56 Å². The normalized spacial score (nSPS) is 10.3. The van der Waals surface area contributed by atoms with Crippen LogP contribution in [-0.4, -0.2) is 10.9 Å². The Bertz CT molecular complexity index is 577. The summed E-state index contributed by atoms with van der Waals surface area (Å²) in [5.41, 5.74) is 2.09. The van der Waals surface area contributed by atoms with Gasteiger partial charge in [-0.05, 0) is 24.1 Å². The highest BCUT2D eigenvalue weighted by Crippen LogP contribution is 2.21. The number of hydrogen-bond acceptors (Lipinski definition) is 2. The highest BCUT2D eigenvalue weighted by atomic mass is 35.5. The number of nitrogens with zero attached hydrogens (tertiary/aromatic N) is 1. The van der Waals surface area contributed by atoms with Crippen LogP contribution in [0.4, 0.5) is 0 Å². The summed E-state index contributed by atoms with van der Waals surface area (Å²) < 4.78 is 0. The predicted octanol–water partition coefficient (Wildman–Crippen LogP) is 3.63. The monoisotopic (exact) mass is 294 g/mol. The SMILES string of the molecule is Cc1cc(Cl)nc(Cl)c1C(=O)NCc1ccccc1. The summed E-state index contributed by atoms with van der Waals surface area (Å²) >= 11 is 11.7. The minimum atomic E-state index is -0.254. The van der Waals surface area contributed by atoms with Crippen LogP contribution in [0.5, 0.6) is 0 Å². The summed E-state index contributed by atoms with van der Waals surface area (Å²) in [5, 5.41) is 3.21. The molecule has 0 radical (unpaired) electrons. The van der Waals surface area contributed by atoms with Gasteiger partial charge in [0.1, 0.15) is 10.3 Å². The van der Waals surface area contributed by atoms with Crippen LogP contribution in [0.1, 0.15) is 21.5 Å². The Morgan fingerprint density at radius 2 is 1.95 bits per heavy atom. The Hall–Kier alpha value is -1.58. The number of halogens is 2. The number of carbonyl (C=O) groups is 1. The van der Waals surface area contributed by atoms with Gasteiger partial charge >= 0.3 is 0 Å². The van der Waals surface area contributed by atoms with Gasteiger partial charge in [0, 0.05) is 6.54 Å². The predicted molar refractivity (Wildman–Crippen MR) is 76.6 cm³/mol. The molecule has 1 aromatic carbocycles. The number of carbonyl (C=O) groups excluding carboxylic acids is 1. The van der Waals surface area contributed by atoms with Gasteiger partial charge in [-0.25, -0.2) is 4.98 Å². The summed E-state index contributed by atoms with van der Waals surface area (Å²) in [6.45, 7) is 2.22. The largest absolute Gasteiger partial charge is 0.348 e. The Labute approximate surface area is 121 Å². The molecular formula is C14H12Cl2N2O. The maximum absolute atomic E-state index is 12.1. The van der Waals surface area contributed by atoms with Crippen LogP contribution >= 0.6 is 23.2 Å². The minimum absolute atomic E-state index is 0.121. The maximum Gasteiger partial charge on any atom is 0.254 e. The topological polar surface area (TPSA) is 42.0 Å². The van der Waals surface area contributed by atoms with Crippen molar-refractivity contribution in [2.24, 2.45) is 0 Å². The van der Waals surface area contributed by atoms with Gasteiger partial charge in [0.2, 0.25) is 0 Å². The lowest BCUT2D eigenvalue weighted by molar-refractivity contribution is 0.0950. The Kier molecular flexibility index (Phi) is 4.40. The molecule has 2 aromatic rings. The fourth-order valence-corrected chi connectivity index (χ4v) is 2.35. The van der Waals surface area contributed by atoms with Crippen LogP contribution in [0.2, 0.25) is 10.3 Å². The van der Waals surface area contributed by atoms with Gasteiger partial charge in [-0.2, -0.15) is 0 Å². The zero-order chi connectivity index (χ0) is 13.8. The number of nitrogens with one attached hydrogen (secondary N) is 1. The number of amides is 1. The van der Waals surface area contributed by atoms with E-state index in [1.54, 1.807) is 13.0 Å². The fraction of sp³-hybridized carbons (Fsp3) is 0.143. The summed E-state index contributed by atoms with van der Waals surface area (Å²) in [6.07, 6.45) is 0. The maximum atomic E-state index is 12.1. The molecule has 0 unspecified atom stereocenters. The first kappa shape index (κ1) is 13.8. The summed E-state index contributed by atoms with van der Waals surface area (Å²) in [4.78, 5) is 16.0. The molecule has 1 aromatic heterocycles. The molecular weight excluding hydrogens is 283 g/mol.